The lowest BCUT2D eigenvalue weighted by Crippen LogP contribution is -2.24. The van der Waals surface area contributed by atoms with Crippen LogP contribution in [0.25, 0.3) is 5.65 Å². The molecule has 2 aromatic heterocycles. The molecule has 146 valence electrons. The minimum atomic E-state index is -0.0902. The van der Waals surface area contributed by atoms with Gasteiger partial charge in [-0.25, -0.2) is 9.50 Å². The monoisotopic (exact) mass is 386 g/mol. The lowest BCUT2D eigenvalue weighted by atomic mass is 10.1. The maximum Gasteiger partial charge on any atom is 0.251 e. The van der Waals surface area contributed by atoms with Gasteiger partial charge in [-0.05, 0) is 61.7 Å². The average molecular weight is 386 g/mol. The van der Waals surface area contributed by atoms with Crippen LogP contribution in [0.5, 0.6) is 11.5 Å². The summed E-state index contributed by atoms with van der Waals surface area (Å²) in [6.45, 7) is 2.54. The van der Waals surface area contributed by atoms with Crippen molar-refractivity contribution in [2.24, 2.45) is 0 Å². The normalized spacial score (nSPS) is 10.8. The smallest absolute Gasteiger partial charge is 0.251 e. The van der Waals surface area contributed by atoms with Gasteiger partial charge in [0, 0.05) is 30.6 Å². The molecule has 2 heterocycles. The number of para-hydroxylation sites is 1. The van der Waals surface area contributed by atoms with E-state index in [2.05, 4.69) is 15.4 Å². The molecule has 0 saturated carbocycles. The second kappa shape index (κ2) is 8.56. The zero-order valence-electron chi connectivity index (χ0n) is 16.2. The van der Waals surface area contributed by atoms with Crippen molar-refractivity contribution in [2.45, 2.75) is 19.8 Å². The topological polar surface area (TPSA) is 68.5 Å². The molecule has 2 aromatic carbocycles. The van der Waals surface area contributed by atoms with Crippen LogP contribution in [0.3, 0.4) is 0 Å². The predicted octanol–water partition coefficient (Wildman–Crippen LogP) is 4.19. The molecular formula is C23H22N4O2. The molecular weight excluding hydrogens is 364 g/mol. The van der Waals surface area contributed by atoms with Crippen molar-refractivity contribution in [2.75, 3.05) is 6.54 Å². The van der Waals surface area contributed by atoms with Crippen molar-refractivity contribution >= 4 is 11.6 Å². The third kappa shape index (κ3) is 4.79. The minimum Gasteiger partial charge on any atom is -0.457 e. The molecule has 1 N–H and O–H groups in total. The first-order valence-corrected chi connectivity index (χ1v) is 9.59. The molecule has 0 atom stereocenters. The van der Waals surface area contributed by atoms with Gasteiger partial charge in [0.15, 0.2) is 5.65 Å². The molecule has 0 aliphatic rings. The van der Waals surface area contributed by atoms with E-state index in [1.54, 1.807) is 28.8 Å². The van der Waals surface area contributed by atoms with Crippen molar-refractivity contribution in [1.29, 1.82) is 0 Å². The molecule has 0 unspecified atom stereocenters. The third-order valence-electron chi connectivity index (χ3n) is 4.51. The van der Waals surface area contributed by atoms with Crippen LogP contribution in [0.1, 0.15) is 28.0 Å². The number of amides is 1. The summed E-state index contributed by atoms with van der Waals surface area (Å²) in [4.78, 5) is 16.7. The van der Waals surface area contributed by atoms with Crippen LogP contribution in [0, 0.1) is 6.92 Å². The number of nitrogens with one attached hydrogen (secondary N) is 1. The Bertz CT molecular complexity index is 1100. The Morgan fingerprint density at radius 2 is 1.83 bits per heavy atom. The van der Waals surface area contributed by atoms with Gasteiger partial charge in [0.05, 0.1) is 5.69 Å². The van der Waals surface area contributed by atoms with Crippen molar-refractivity contribution < 1.29 is 9.53 Å². The quantitative estimate of drug-likeness (QED) is 0.484. The second-order valence-electron chi connectivity index (χ2n) is 6.85. The number of ether oxygens (including phenoxy) is 1. The highest BCUT2D eigenvalue weighted by Crippen LogP contribution is 2.21. The van der Waals surface area contributed by atoms with Crippen molar-refractivity contribution in [1.82, 2.24) is 19.9 Å². The molecule has 0 aliphatic carbocycles. The molecule has 6 nitrogen and oxygen atoms in total. The Morgan fingerprint density at radius 3 is 2.62 bits per heavy atom. The number of rotatable bonds is 7. The summed E-state index contributed by atoms with van der Waals surface area (Å²) in [7, 11) is 0. The number of hydrogen-bond acceptors (Lipinski definition) is 4. The van der Waals surface area contributed by atoms with Gasteiger partial charge in [-0.2, -0.15) is 5.10 Å². The molecule has 0 spiro atoms. The van der Waals surface area contributed by atoms with E-state index < -0.39 is 0 Å². The number of carbonyl (C=O) groups is 1. The largest absolute Gasteiger partial charge is 0.457 e. The van der Waals surface area contributed by atoms with Crippen molar-refractivity contribution in [3.05, 3.63) is 89.9 Å². The van der Waals surface area contributed by atoms with E-state index in [0.717, 1.165) is 35.5 Å². The summed E-state index contributed by atoms with van der Waals surface area (Å²) in [6, 6.07) is 18.6. The van der Waals surface area contributed by atoms with Gasteiger partial charge in [-0.15, -0.1) is 0 Å². The van der Waals surface area contributed by atoms with Gasteiger partial charge >= 0.3 is 0 Å². The Morgan fingerprint density at radius 1 is 1.07 bits per heavy atom. The highest BCUT2D eigenvalue weighted by molar-refractivity contribution is 5.94. The molecule has 4 rings (SSSR count). The molecule has 0 saturated heterocycles. The highest BCUT2D eigenvalue weighted by Gasteiger charge is 2.06. The van der Waals surface area contributed by atoms with Gasteiger partial charge < -0.3 is 10.1 Å². The van der Waals surface area contributed by atoms with E-state index in [4.69, 9.17) is 4.74 Å². The minimum absolute atomic E-state index is 0.0902. The fraction of sp³-hybridized carbons (Fsp3) is 0.174. The molecule has 0 fully saturated rings. The molecule has 4 aromatic rings. The SMILES string of the molecule is Cc1cc2ncc(CCCNC(=O)c3ccc(Oc4ccccc4)cc3)cn2n1. The number of aryl methyl sites for hydroxylation is 2. The van der Waals surface area contributed by atoms with Crippen LogP contribution in [-0.4, -0.2) is 27.0 Å². The number of benzene rings is 2. The summed E-state index contributed by atoms with van der Waals surface area (Å²) in [5.41, 5.74) is 3.50. The molecule has 0 aliphatic heterocycles. The molecule has 1 amide bonds. The molecule has 29 heavy (non-hydrogen) atoms. The predicted molar refractivity (Wildman–Crippen MR) is 111 cm³/mol. The first kappa shape index (κ1) is 18.7. The number of nitrogens with zero attached hydrogens (tertiary/aromatic N) is 3. The lowest BCUT2D eigenvalue weighted by molar-refractivity contribution is 0.0953. The van der Waals surface area contributed by atoms with Crippen molar-refractivity contribution in [3.8, 4) is 11.5 Å². The van der Waals surface area contributed by atoms with Crippen LogP contribution in [0.2, 0.25) is 0 Å². The average Bonchev–Trinajstić information content (AvgIpc) is 3.11. The first-order chi connectivity index (χ1) is 14.2. The summed E-state index contributed by atoms with van der Waals surface area (Å²) in [5.74, 6) is 1.37. The zero-order valence-corrected chi connectivity index (χ0v) is 16.2. The van der Waals surface area contributed by atoms with Gasteiger partial charge in [0.25, 0.3) is 5.91 Å². The fourth-order valence-electron chi connectivity index (χ4n) is 3.06. The van der Waals surface area contributed by atoms with Crippen LogP contribution in [-0.2, 0) is 6.42 Å². The lowest BCUT2D eigenvalue weighted by Gasteiger charge is -2.08. The summed E-state index contributed by atoms with van der Waals surface area (Å²) >= 11 is 0. The second-order valence-corrected chi connectivity index (χ2v) is 6.85. The van der Waals surface area contributed by atoms with Gasteiger partial charge in [0.1, 0.15) is 11.5 Å². The summed E-state index contributed by atoms with van der Waals surface area (Å²) < 4.78 is 7.54. The third-order valence-corrected chi connectivity index (χ3v) is 4.51. The van der Waals surface area contributed by atoms with Crippen molar-refractivity contribution in [3.63, 3.8) is 0 Å². The van der Waals surface area contributed by atoms with Gasteiger partial charge in [-0.3, -0.25) is 4.79 Å². The maximum atomic E-state index is 12.3. The van der Waals surface area contributed by atoms with E-state index in [1.165, 1.54) is 0 Å². The summed E-state index contributed by atoms with van der Waals surface area (Å²) in [6.07, 6.45) is 5.51. The van der Waals surface area contributed by atoms with Crippen LogP contribution in [0.15, 0.2) is 73.1 Å². The van der Waals surface area contributed by atoms with Gasteiger partial charge in [-0.1, -0.05) is 18.2 Å². The Kier molecular flexibility index (Phi) is 5.52. The molecule has 0 bridgehead atoms. The summed E-state index contributed by atoms with van der Waals surface area (Å²) in [5, 5.41) is 7.33. The fourth-order valence-corrected chi connectivity index (χ4v) is 3.06. The van der Waals surface area contributed by atoms with Crippen LogP contribution < -0.4 is 10.1 Å². The Balaban J connectivity index is 1.25. The van der Waals surface area contributed by atoms with E-state index >= 15 is 0 Å². The highest BCUT2D eigenvalue weighted by atomic mass is 16.5. The van der Waals surface area contributed by atoms with Crippen LogP contribution >= 0.6 is 0 Å². The zero-order chi connectivity index (χ0) is 20.1. The van der Waals surface area contributed by atoms with Gasteiger partial charge in [0.2, 0.25) is 0 Å². The van der Waals surface area contributed by atoms with E-state index in [0.29, 0.717) is 17.9 Å². The standard InChI is InChI=1S/C23H22N4O2/c1-17-14-22-25-15-18(16-27(22)26-17)6-5-13-24-23(28)19-9-11-21(12-10-19)29-20-7-3-2-4-8-20/h2-4,7-12,14-16H,5-6,13H2,1H3,(H,24,28). The van der Waals surface area contributed by atoms with E-state index in [9.17, 15) is 4.79 Å². The number of carbonyl (C=O) groups excluding carboxylic acids is 1. The van der Waals surface area contributed by atoms with E-state index in [1.807, 2.05) is 55.7 Å². The number of aromatic nitrogens is 3. The van der Waals surface area contributed by atoms with E-state index in [-0.39, 0.29) is 5.91 Å². The number of hydrogen-bond donors (Lipinski definition) is 1. The van der Waals surface area contributed by atoms with Crippen LogP contribution in [0.4, 0.5) is 0 Å². The Labute approximate surface area is 169 Å². The Hall–Kier alpha value is -3.67. The number of fused-ring (bicyclic) bond motifs is 1. The molecule has 6 heteroatoms. The molecule has 0 radical (unpaired) electrons. The maximum absolute atomic E-state index is 12.3. The first-order valence-electron chi connectivity index (χ1n) is 9.59.